The Morgan fingerprint density at radius 1 is 1.13 bits per heavy atom. The second-order valence-electron chi connectivity index (χ2n) is 5.35. The average molecular weight is 330 g/mol. The molecule has 4 nitrogen and oxygen atoms in total. The predicted octanol–water partition coefficient (Wildman–Crippen LogP) is 2.58. The van der Waals surface area contributed by atoms with Gasteiger partial charge in [0.25, 0.3) is 10.0 Å². The van der Waals surface area contributed by atoms with Crippen LogP contribution < -0.4 is 9.83 Å². The highest BCUT2D eigenvalue weighted by Gasteiger charge is 2.11. The second-order valence-corrected chi connectivity index (χ2v) is 7.06. The maximum atomic E-state index is 12.3. The molecule has 0 atom stereocenters. The summed E-state index contributed by atoms with van der Waals surface area (Å²) in [6.07, 6.45) is 2.71. The van der Waals surface area contributed by atoms with Gasteiger partial charge in [0.15, 0.2) is 0 Å². The van der Waals surface area contributed by atoms with E-state index in [1.54, 1.807) is 24.3 Å². The van der Waals surface area contributed by atoms with Gasteiger partial charge in [-0.2, -0.15) is 0 Å². The Labute approximate surface area is 137 Å². The molecule has 0 fully saturated rings. The van der Waals surface area contributed by atoms with E-state index in [0.29, 0.717) is 5.56 Å². The number of hydrogen-bond acceptors (Lipinski definition) is 3. The van der Waals surface area contributed by atoms with Crippen LogP contribution in [0.2, 0.25) is 0 Å². The van der Waals surface area contributed by atoms with Crippen LogP contribution in [-0.2, 0) is 16.4 Å². The molecule has 2 rings (SSSR count). The minimum absolute atomic E-state index is 0.133. The highest BCUT2D eigenvalue weighted by Crippen LogP contribution is 2.17. The van der Waals surface area contributed by atoms with Gasteiger partial charge in [0.05, 0.1) is 4.90 Å². The van der Waals surface area contributed by atoms with Gasteiger partial charge in [0.2, 0.25) is 0 Å². The summed E-state index contributed by atoms with van der Waals surface area (Å²) in [5.41, 5.74) is 2.42. The van der Waals surface area contributed by atoms with Crippen molar-refractivity contribution in [3.8, 4) is 0 Å². The topological polar surface area (TPSA) is 69.2 Å². The zero-order valence-electron chi connectivity index (χ0n) is 13.2. The van der Waals surface area contributed by atoms with Crippen LogP contribution in [0.25, 0.3) is 5.76 Å². The Kier molecular flexibility index (Phi) is 5.45. The van der Waals surface area contributed by atoms with E-state index in [2.05, 4.69) is 4.72 Å². The molecule has 0 saturated heterocycles. The summed E-state index contributed by atoms with van der Waals surface area (Å²) in [7, 11) is -3.73. The normalized spacial score (nSPS) is 12.2. The molecule has 0 aliphatic rings. The molecule has 0 bridgehead atoms. The number of benzene rings is 2. The van der Waals surface area contributed by atoms with Gasteiger partial charge in [-0.1, -0.05) is 61.1 Å². The van der Waals surface area contributed by atoms with Crippen LogP contribution >= 0.6 is 0 Å². The van der Waals surface area contributed by atoms with E-state index in [9.17, 15) is 13.5 Å². The summed E-state index contributed by atoms with van der Waals surface area (Å²) >= 11 is 0. The lowest BCUT2D eigenvalue weighted by molar-refractivity contribution is -0.244. The molecule has 122 valence electrons. The molecule has 1 N–H and O–H groups in total. The fraction of sp³-hybridized carbons (Fsp3) is 0.222. The second kappa shape index (κ2) is 7.33. The smallest absolute Gasteiger partial charge is 0.261 e. The van der Waals surface area contributed by atoms with Gasteiger partial charge in [-0.05, 0) is 36.6 Å². The monoisotopic (exact) mass is 330 g/mol. The number of sulfonamides is 1. The molecule has 0 radical (unpaired) electrons. The van der Waals surface area contributed by atoms with E-state index in [-0.39, 0.29) is 10.7 Å². The fourth-order valence-corrected chi connectivity index (χ4v) is 3.13. The summed E-state index contributed by atoms with van der Waals surface area (Å²) in [4.78, 5) is 0.133. The summed E-state index contributed by atoms with van der Waals surface area (Å²) in [5.74, 6) is -0.343. The van der Waals surface area contributed by atoms with E-state index >= 15 is 0 Å². The van der Waals surface area contributed by atoms with Crippen molar-refractivity contribution < 1.29 is 13.5 Å². The first-order valence-corrected chi connectivity index (χ1v) is 8.97. The molecule has 0 aromatic heterocycles. The number of aryl methyl sites for hydroxylation is 2. The first kappa shape index (κ1) is 17.1. The third kappa shape index (κ3) is 4.36. The first-order valence-electron chi connectivity index (χ1n) is 7.48. The van der Waals surface area contributed by atoms with Crippen LogP contribution in [0, 0.1) is 6.92 Å². The standard InChI is InChI=1S/C18H21NO3S/c1-3-6-15-7-4-5-8-17(15)18(20)13-19-23(21,22)16-11-9-14(2)10-12-16/h4-5,7-13,19-20H,3,6H2,1-2H3/p-1/b18-13-. The third-order valence-electron chi connectivity index (χ3n) is 3.48. The Morgan fingerprint density at radius 3 is 2.43 bits per heavy atom. The van der Waals surface area contributed by atoms with Gasteiger partial charge >= 0.3 is 0 Å². The highest BCUT2D eigenvalue weighted by atomic mass is 32.2. The third-order valence-corrected chi connectivity index (χ3v) is 4.80. The Morgan fingerprint density at radius 2 is 1.78 bits per heavy atom. The van der Waals surface area contributed by atoms with Crippen LogP contribution in [-0.4, -0.2) is 8.42 Å². The Hall–Kier alpha value is -2.27. The molecule has 0 aliphatic heterocycles. The van der Waals surface area contributed by atoms with Gasteiger partial charge in [-0.25, -0.2) is 8.42 Å². The predicted molar refractivity (Wildman–Crippen MR) is 89.9 cm³/mol. The lowest BCUT2D eigenvalue weighted by Crippen LogP contribution is -2.20. The molecule has 0 aliphatic carbocycles. The molecule has 0 heterocycles. The van der Waals surface area contributed by atoms with Gasteiger partial charge in [0, 0.05) is 6.20 Å². The van der Waals surface area contributed by atoms with E-state index in [4.69, 9.17) is 0 Å². The van der Waals surface area contributed by atoms with Crippen molar-refractivity contribution in [3.63, 3.8) is 0 Å². The number of nitrogens with one attached hydrogen (secondary N) is 1. The van der Waals surface area contributed by atoms with Crippen molar-refractivity contribution in [1.82, 2.24) is 4.72 Å². The molecule has 0 spiro atoms. The molecule has 0 amide bonds. The highest BCUT2D eigenvalue weighted by molar-refractivity contribution is 7.89. The summed E-state index contributed by atoms with van der Waals surface area (Å²) in [6, 6.07) is 13.7. The maximum absolute atomic E-state index is 12.3. The van der Waals surface area contributed by atoms with Gasteiger partial charge in [-0.15, -0.1) is 0 Å². The number of rotatable bonds is 6. The van der Waals surface area contributed by atoms with Crippen molar-refractivity contribution in [1.29, 1.82) is 0 Å². The van der Waals surface area contributed by atoms with Crippen molar-refractivity contribution in [3.05, 3.63) is 71.4 Å². The molecule has 2 aromatic carbocycles. The first-order chi connectivity index (χ1) is 10.9. The van der Waals surface area contributed by atoms with Gasteiger partial charge in [-0.3, -0.25) is 4.72 Å². The Bertz CT molecular complexity index is 793. The lowest BCUT2D eigenvalue weighted by Gasteiger charge is -2.17. The largest absolute Gasteiger partial charge is 0.871 e. The Balaban J connectivity index is 2.23. The summed E-state index contributed by atoms with van der Waals surface area (Å²) in [6.45, 7) is 3.91. The van der Waals surface area contributed by atoms with Crippen molar-refractivity contribution in [2.75, 3.05) is 0 Å². The van der Waals surface area contributed by atoms with E-state index in [1.165, 1.54) is 12.1 Å². The molecule has 2 aromatic rings. The van der Waals surface area contributed by atoms with Crippen molar-refractivity contribution in [2.45, 2.75) is 31.6 Å². The van der Waals surface area contributed by atoms with E-state index in [1.807, 2.05) is 26.0 Å². The van der Waals surface area contributed by atoms with Crippen LogP contribution in [0.3, 0.4) is 0 Å². The van der Waals surface area contributed by atoms with Crippen LogP contribution in [0.1, 0.15) is 30.0 Å². The summed E-state index contributed by atoms with van der Waals surface area (Å²) in [5, 5.41) is 12.3. The van der Waals surface area contributed by atoms with Crippen LogP contribution in [0.5, 0.6) is 0 Å². The zero-order valence-corrected chi connectivity index (χ0v) is 14.1. The van der Waals surface area contributed by atoms with Crippen molar-refractivity contribution in [2.24, 2.45) is 0 Å². The van der Waals surface area contributed by atoms with Crippen molar-refractivity contribution >= 4 is 15.8 Å². The molecule has 0 saturated carbocycles. The fourth-order valence-electron chi connectivity index (χ4n) is 2.24. The quantitative estimate of drug-likeness (QED) is 0.828. The lowest BCUT2D eigenvalue weighted by atomic mass is 10.0. The zero-order chi connectivity index (χ0) is 16.9. The van der Waals surface area contributed by atoms with E-state index < -0.39 is 10.0 Å². The summed E-state index contributed by atoms with van der Waals surface area (Å²) < 4.78 is 26.7. The SMILES string of the molecule is CCCc1ccccc1/C([O-])=C/NS(=O)(=O)c1ccc(C)cc1. The molecule has 5 heteroatoms. The molecule has 23 heavy (non-hydrogen) atoms. The van der Waals surface area contributed by atoms with E-state index in [0.717, 1.165) is 30.2 Å². The average Bonchev–Trinajstić information content (AvgIpc) is 2.54. The minimum atomic E-state index is -3.73. The van der Waals surface area contributed by atoms with Crippen LogP contribution in [0.4, 0.5) is 0 Å². The molecular weight excluding hydrogens is 310 g/mol. The number of hydrogen-bond donors (Lipinski definition) is 1. The molecule has 0 unspecified atom stereocenters. The maximum Gasteiger partial charge on any atom is 0.261 e. The van der Waals surface area contributed by atoms with Crippen LogP contribution in [0.15, 0.2) is 59.6 Å². The van der Waals surface area contributed by atoms with Gasteiger partial charge in [0.1, 0.15) is 0 Å². The van der Waals surface area contributed by atoms with Gasteiger partial charge < -0.3 is 5.11 Å². The minimum Gasteiger partial charge on any atom is -0.871 e. The molecular formula is C18H20NO3S-.